The molecule has 2 saturated heterocycles. The minimum absolute atomic E-state index is 0.0359. The summed E-state index contributed by atoms with van der Waals surface area (Å²) >= 11 is 6.44. The van der Waals surface area contributed by atoms with Crippen LogP contribution in [-0.4, -0.2) is 52.5 Å². The zero-order valence-electron chi connectivity index (χ0n) is 16.6. The van der Waals surface area contributed by atoms with Gasteiger partial charge in [0.1, 0.15) is 0 Å². The highest BCUT2D eigenvalue weighted by molar-refractivity contribution is 8.27. The number of thiocarbonyl (C=S) groups is 1. The van der Waals surface area contributed by atoms with Crippen molar-refractivity contribution in [3.8, 4) is 0 Å². The van der Waals surface area contributed by atoms with Gasteiger partial charge in [-0.15, -0.1) is 0 Å². The van der Waals surface area contributed by atoms with Crippen molar-refractivity contribution in [3.63, 3.8) is 0 Å². The van der Waals surface area contributed by atoms with Gasteiger partial charge < -0.3 is 14.7 Å². The standard InChI is InChI=1S/C21H17N3O6S2/c25-19-18(32-21(31)23(19)15-3-1-2-13(10-15)20(26)27)12-14-11-16(24(28)29)4-5-17(14)22-6-8-30-9-7-22/h1-5,10-12H,6-9H2,(H,26,27)/b18-12+. The van der Waals surface area contributed by atoms with Crippen molar-refractivity contribution < 1.29 is 24.4 Å². The van der Waals surface area contributed by atoms with Crippen LogP contribution in [0.15, 0.2) is 47.4 Å². The number of carboxylic acids is 1. The second-order valence-electron chi connectivity index (χ2n) is 6.97. The molecular weight excluding hydrogens is 454 g/mol. The van der Waals surface area contributed by atoms with Crippen LogP contribution in [0.25, 0.3) is 6.08 Å². The Balaban J connectivity index is 1.72. The molecule has 1 amide bonds. The van der Waals surface area contributed by atoms with Crippen LogP contribution in [-0.2, 0) is 9.53 Å². The molecule has 32 heavy (non-hydrogen) atoms. The minimum Gasteiger partial charge on any atom is -0.478 e. The number of carboxylic acid groups (broad SMARTS) is 1. The Morgan fingerprint density at radius 3 is 2.66 bits per heavy atom. The van der Waals surface area contributed by atoms with Crippen LogP contribution in [0.3, 0.4) is 0 Å². The van der Waals surface area contributed by atoms with Gasteiger partial charge in [0.2, 0.25) is 0 Å². The number of carbonyl (C=O) groups excluding carboxylic acids is 1. The maximum absolute atomic E-state index is 13.1. The highest BCUT2D eigenvalue weighted by Crippen LogP contribution is 2.38. The summed E-state index contributed by atoms with van der Waals surface area (Å²) in [6.45, 7) is 2.33. The van der Waals surface area contributed by atoms with E-state index >= 15 is 0 Å². The fourth-order valence-electron chi connectivity index (χ4n) is 3.47. The third-order valence-corrected chi connectivity index (χ3v) is 6.31. The van der Waals surface area contributed by atoms with E-state index in [2.05, 4.69) is 4.90 Å². The number of hydrogen-bond donors (Lipinski definition) is 1. The highest BCUT2D eigenvalue weighted by Gasteiger charge is 2.34. The number of morpholine rings is 1. The Kier molecular flexibility index (Phi) is 6.21. The van der Waals surface area contributed by atoms with Gasteiger partial charge in [-0.25, -0.2) is 4.79 Å². The lowest BCUT2D eigenvalue weighted by Crippen LogP contribution is -2.36. The van der Waals surface area contributed by atoms with Gasteiger partial charge in [-0.1, -0.05) is 30.0 Å². The van der Waals surface area contributed by atoms with Gasteiger partial charge in [0.25, 0.3) is 11.6 Å². The SMILES string of the molecule is O=C(O)c1cccc(N2C(=O)/C(=C\c3cc([N+](=O)[O-])ccc3N3CCOCC3)SC2=S)c1. The Morgan fingerprint density at radius 1 is 1.22 bits per heavy atom. The molecule has 1 N–H and O–H groups in total. The van der Waals surface area contributed by atoms with Crippen molar-refractivity contribution in [2.75, 3.05) is 36.1 Å². The Labute approximate surface area is 192 Å². The van der Waals surface area contributed by atoms with E-state index in [4.69, 9.17) is 17.0 Å². The number of aromatic carboxylic acids is 1. The number of rotatable bonds is 5. The molecule has 2 aromatic carbocycles. The fourth-order valence-corrected chi connectivity index (χ4v) is 4.76. The molecule has 0 saturated carbocycles. The van der Waals surface area contributed by atoms with Gasteiger partial charge >= 0.3 is 5.97 Å². The molecular formula is C21H17N3O6S2. The molecule has 0 unspecified atom stereocenters. The van der Waals surface area contributed by atoms with Crippen molar-refractivity contribution in [2.24, 2.45) is 0 Å². The molecule has 0 radical (unpaired) electrons. The largest absolute Gasteiger partial charge is 0.478 e. The lowest BCUT2D eigenvalue weighted by molar-refractivity contribution is -0.384. The fraction of sp³-hybridized carbons (Fsp3) is 0.190. The zero-order valence-corrected chi connectivity index (χ0v) is 18.2. The molecule has 4 rings (SSSR count). The first-order valence-electron chi connectivity index (χ1n) is 9.57. The van der Waals surface area contributed by atoms with Crippen LogP contribution < -0.4 is 9.80 Å². The number of nitrogens with zero attached hydrogens (tertiary/aromatic N) is 3. The molecule has 0 atom stereocenters. The van der Waals surface area contributed by atoms with Crippen LogP contribution >= 0.6 is 24.0 Å². The van der Waals surface area contributed by atoms with E-state index in [9.17, 15) is 24.8 Å². The van der Waals surface area contributed by atoms with E-state index in [1.807, 2.05) is 0 Å². The molecule has 11 heteroatoms. The average molecular weight is 472 g/mol. The molecule has 2 aliphatic heterocycles. The summed E-state index contributed by atoms with van der Waals surface area (Å²) in [6.07, 6.45) is 1.60. The summed E-state index contributed by atoms with van der Waals surface area (Å²) in [5.41, 5.74) is 1.59. The van der Waals surface area contributed by atoms with Crippen LogP contribution in [0.1, 0.15) is 15.9 Å². The van der Waals surface area contributed by atoms with Crippen molar-refractivity contribution in [3.05, 3.63) is 68.6 Å². The number of nitro benzene ring substituents is 1. The maximum atomic E-state index is 13.1. The zero-order chi connectivity index (χ0) is 22.8. The van der Waals surface area contributed by atoms with E-state index in [-0.39, 0.29) is 15.6 Å². The van der Waals surface area contributed by atoms with Gasteiger partial charge in [0.05, 0.1) is 34.3 Å². The molecule has 9 nitrogen and oxygen atoms in total. The number of non-ortho nitro benzene ring substituents is 1. The maximum Gasteiger partial charge on any atom is 0.335 e. The van der Waals surface area contributed by atoms with Gasteiger partial charge in [-0.05, 0) is 30.3 Å². The molecule has 2 fully saturated rings. The Bertz CT molecular complexity index is 1160. The van der Waals surface area contributed by atoms with Crippen molar-refractivity contribution in [1.82, 2.24) is 0 Å². The quantitative estimate of drug-likeness (QED) is 0.303. The number of thioether (sulfide) groups is 1. The Hall–Kier alpha value is -3.28. The molecule has 0 bridgehead atoms. The molecule has 164 valence electrons. The first-order chi connectivity index (χ1) is 15.3. The predicted molar refractivity (Wildman–Crippen MR) is 125 cm³/mol. The predicted octanol–water partition coefficient (Wildman–Crippen LogP) is 3.54. The van der Waals surface area contributed by atoms with Crippen LogP contribution in [0.4, 0.5) is 17.1 Å². The monoisotopic (exact) mass is 471 g/mol. The number of anilines is 2. The van der Waals surface area contributed by atoms with E-state index in [1.54, 1.807) is 18.2 Å². The van der Waals surface area contributed by atoms with E-state index < -0.39 is 16.8 Å². The number of nitro groups is 1. The van der Waals surface area contributed by atoms with Crippen molar-refractivity contribution in [1.29, 1.82) is 0 Å². The minimum atomic E-state index is -1.11. The third-order valence-electron chi connectivity index (χ3n) is 5.01. The summed E-state index contributed by atoms with van der Waals surface area (Å²) in [5.74, 6) is -1.53. The van der Waals surface area contributed by atoms with Crippen LogP contribution in [0.5, 0.6) is 0 Å². The van der Waals surface area contributed by atoms with Crippen molar-refractivity contribution in [2.45, 2.75) is 0 Å². The average Bonchev–Trinajstić information content (AvgIpc) is 3.07. The summed E-state index contributed by atoms with van der Waals surface area (Å²) < 4.78 is 5.64. The third kappa shape index (κ3) is 4.35. The first-order valence-corrected chi connectivity index (χ1v) is 10.8. The molecule has 2 heterocycles. The Morgan fingerprint density at radius 2 is 1.97 bits per heavy atom. The second-order valence-corrected chi connectivity index (χ2v) is 8.65. The number of amides is 1. The van der Waals surface area contributed by atoms with E-state index in [0.29, 0.717) is 42.5 Å². The smallest absolute Gasteiger partial charge is 0.335 e. The molecule has 2 aromatic rings. The van der Waals surface area contributed by atoms with Gasteiger partial charge in [0, 0.05) is 36.5 Å². The molecule has 0 aromatic heterocycles. The number of benzene rings is 2. The van der Waals surface area contributed by atoms with Gasteiger partial charge in [-0.3, -0.25) is 19.8 Å². The summed E-state index contributed by atoms with van der Waals surface area (Å²) in [5, 5.41) is 20.6. The topological polar surface area (TPSA) is 113 Å². The lowest BCUT2D eigenvalue weighted by atomic mass is 10.1. The van der Waals surface area contributed by atoms with Crippen LogP contribution in [0, 0.1) is 10.1 Å². The normalized spacial score (nSPS) is 17.8. The summed E-state index contributed by atoms with van der Waals surface area (Å²) in [7, 11) is 0. The molecule has 0 spiro atoms. The summed E-state index contributed by atoms with van der Waals surface area (Å²) in [6, 6.07) is 10.5. The lowest BCUT2D eigenvalue weighted by Gasteiger charge is -2.30. The highest BCUT2D eigenvalue weighted by atomic mass is 32.2. The first kappa shape index (κ1) is 21.9. The van der Waals surface area contributed by atoms with Crippen LogP contribution in [0.2, 0.25) is 0 Å². The van der Waals surface area contributed by atoms with E-state index in [1.165, 1.54) is 35.2 Å². The number of ether oxygens (including phenoxy) is 1. The number of carbonyl (C=O) groups is 2. The van der Waals surface area contributed by atoms with Crippen molar-refractivity contribution >= 4 is 63.3 Å². The molecule has 0 aliphatic carbocycles. The summed E-state index contributed by atoms with van der Waals surface area (Å²) in [4.78, 5) is 38.9. The van der Waals surface area contributed by atoms with Gasteiger partial charge in [-0.2, -0.15) is 0 Å². The molecule has 2 aliphatic rings. The number of hydrogen-bond acceptors (Lipinski definition) is 8. The second kappa shape index (κ2) is 9.07. The van der Waals surface area contributed by atoms with Gasteiger partial charge in [0.15, 0.2) is 4.32 Å². The van der Waals surface area contributed by atoms with E-state index in [0.717, 1.165) is 17.4 Å².